The molecule has 1 amide bonds. The predicted molar refractivity (Wildman–Crippen MR) is 86.9 cm³/mol. The quantitative estimate of drug-likeness (QED) is 0.873. The fourth-order valence-corrected chi connectivity index (χ4v) is 3.34. The summed E-state index contributed by atoms with van der Waals surface area (Å²) in [6.45, 7) is -2.87. The van der Waals surface area contributed by atoms with Gasteiger partial charge in [-0.1, -0.05) is 12.1 Å². The maximum atomic E-state index is 12.5. The van der Waals surface area contributed by atoms with Crippen molar-refractivity contribution in [3.05, 3.63) is 48.2 Å². The van der Waals surface area contributed by atoms with Crippen LogP contribution >= 0.6 is 0 Å². The molecular formula is C15H13F2N3O4S. The van der Waals surface area contributed by atoms with Gasteiger partial charge in [0.1, 0.15) is 5.75 Å². The Bertz CT molecular complexity index is 894. The molecule has 3 rings (SSSR count). The standard InChI is InChI=1S/C15H13F2N3O4S/c16-15(17)24-12-6-2-1-5-11(12)18-14(21)10-4-3-7-20-8-9-25(22,23)19-13(10)20/h1-7,15H,8-9H2,(H,18,21). The summed E-state index contributed by atoms with van der Waals surface area (Å²) in [5, 5.41) is 2.44. The number of nitrogens with one attached hydrogen (secondary N) is 1. The first-order valence-electron chi connectivity index (χ1n) is 7.19. The zero-order valence-electron chi connectivity index (χ0n) is 12.7. The third-order valence-electron chi connectivity index (χ3n) is 3.45. The van der Waals surface area contributed by atoms with Crippen LogP contribution in [0.3, 0.4) is 0 Å². The number of fused-ring (bicyclic) bond motifs is 1. The van der Waals surface area contributed by atoms with Crippen molar-refractivity contribution in [3.8, 4) is 5.75 Å². The van der Waals surface area contributed by atoms with Gasteiger partial charge in [0.2, 0.25) is 0 Å². The Labute approximate surface area is 142 Å². The van der Waals surface area contributed by atoms with Crippen molar-refractivity contribution in [1.29, 1.82) is 0 Å². The molecule has 1 N–H and O–H groups in total. The van der Waals surface area contributed by atoms with Crippen LogP contribution in [0.1, 0.15) is 0 Å². The molecule has 0 unspecified atom stereocenters. The lowest BCUT2D eigenvalue weighted by Gasteiger charge is -2.28. The summed E-state index contributed by atoms with van der Waals surface area (Å²) in [4.78, 5) is 14.1. The van der Waals surface area contributed by atoms with Crippen molar-refractivity contribution in [2.24, 2.45) is 4.40 Å². The number of anilines is 1. The second-order valence-corrected chi connectivity index (χ2v) is 6.90. The molecular weight excluding hydrogens is 356 g/mol. The predicted octanol–water partition coefficient (Wildman–Crippen LogP) is 1.72. The molecule has 1 aromatic rings. The topological polar surface area (TPSA) is 88.1 Å². The highest BCUT2D eigenvalue weighted by molar-refractivity contribution is 7.90. The van der Waals surface area contributed by atoms with Gasteiger partial charge in [-0.15, -0.1) is 4.40 Å². The van der Waals surface area contributed by atoms with Crippen LogP contribution in [-0.2, 0) is 14.8 Å². The van der Waals surface area contributed by atoms with E-state index in [-0.39, 0.29) is 35.1 Å². The lowest BCUT2D eigenvalue weighted by molar-refractivity contribution is -0.112. The number of para-hydroxylation sites is 2. The van der Waals surface area contributed by atoms with Crippen LogP contribution in [0.25, 0.3) is 0 Å². The lowest BCUT2D eigenvalue weighted by Crippen LogP contribution is -2.40. The molecule has 7 nitrogen and oxygen atoms in total. The summed E-state index contributed by atoms with van der Waals surface area (Å²) < 4.78 is 56.3. The molecule has 0 fully saturated rings. The number of allylic oxidation sites excluding steroid dienone is 2. The van der Waals surface area contributed by atoms with E-state index in [2.05, 4.69) is 14.5 Å². The first kappa shape index (κ1) is 17.1. The summed E-state index contributed by atoms with van der Waals surface area (Å²) >= 11 is 0. The van der Waals surface area contributed by atoms with E-state index >= 15 is 0 Å². The number of amides is 1. The highest BCUT2D eigenvalue weighted by Crippen LogP contribution is 2.27. The zero-order chi connectivity index (χ0) is 18.0. The van der Waals surface area contributed by atoms with Gasteiger partial charge in [0, 0.05) is 12.7 Å². The van der Waals surface area contributed by atoms with E-state index in [1.54, 1.807) is 12.3 Å². The Balaban J connectivity index is 1.88. The second kappa shape index (κ2) is 6.63. The van der Waals surface area contributed by atoms with Crippen LogP contribution in [0.4, 0.5) is 14.5 Å². The van der Waals surface area contributed by atoms with Gasteiger partial charge in [0.05, 0.1) is 17.0 Å². The third-order valence-corrected chi connectivity index (χ3v) is 4.60. The van der Waals surface area contributed by atoms with E-state index in [0.717, 1.165) is 0 Å². The van der Waals surface area contributed by atoms with Gasteiger partial charge >= 0.3 is 6.61 Å². The van der Waals surface area contributed by atoms with E-state index in [1.165, 1.54) is 35.2 Å². The minimum Gasteiger partial charge on any atom is -0.433 e. The van der Waals surface area contributed by atoms with Crippen molar-refractivity contribution in [3.63, 3.8) is 0 Å². The summed E-state index contributed by atoms with van der Waals surface area (Å²) in [7, 11) is -3.65. The van der Waals surface area contributed by atoms with Crippen LogP contribution < -0.4 is 10.1 Å². The fourth-order valence-electron chi connectivity index (χ4n) is 2.35. The molecule has 2 aliphatic rings. The molecule has 0 spiro atoms. The largest absolute Gasteiger partial charge is 0.433 e. The van der Waals surface area contributed by atoms with Crippen LogP contribution in [0.15, 0.2) is 52.6 Å². The SMILES string of the molecule is O=C(Nc1ccccc1OC(F)F)C1=CC=CN2CCS(=O)(=O)N=C12. The molecule has 132 valence electrons. The number of hydrogen-bond acceptors (Lipinski definition) is 5. The molecule has 0 radical (unpaired) electrons. The van der Waals surface area contributed by atoms with Crippen molar-refractivity contribution in [2.45, 2.75) is 6.61 Å². The highest BCUT2D eigenvalue weighted by atomic mass is 32.2. The number of halogens is 2. The number of benzene rings is 1. The van der Waals surface area contributed by atoms with Gasteiger partial charge in [0.25, 0.3) is 15.9 Å². The number of alkyl halides is 2. The first-order valence-corrected chi connectivity index (χ1v) is 8.80. The van der Waals surface area contributed by atoms with Crippen molar-refractivity contribution >= 4 is 27.5 Å². The first-order chi connectivity index (χ1) is 11.9. The number of ether oxygens (including phenoxy) is 1. The molecule has 0 bridgehead atoms. The zero-order valence-corrected chi connectivity index (χ0v) is 13.5. The number of carbonyl (C=O) groups excluding carboxylic acids is 1. The fraction of sp³-hybridized carbons (Fsp3) is 0.200. The molecule has 0 saturated carbocycles. The number of carbonyl (C=O) groups is 1. The van der Waals surface area contributed by atoms with Crippen molar-refractivity contribution in [2.75, 3.05) is 17.6 Å². The van der Waals surface area contributed by atoms with Gasteiger partial charge in [-0.2, -0.15) is 8.78 Å². The van der Waals surface area contributed by atoms with Crippen LogP contribution in [0.5, 0.6) is 5.75 Å². The average Bonchev–Trinajstić information content (AvgIpc) is 2.54. The van der Waals surface area contributed by atoms with E-state index < -0.39 is 22.5 Å². The normalized spacial score (nSPS) is 18.3. The van der Waals surface area contributed by atoms with Crippen LogP contribution in [0.2, 0.25) is 0 Å². The number of nitrogens with zero attached hydrogens (tertiary/aromatic N) is 2. The Hall–Kier alpha value is -2.75. The Kier molecular flexibility index (Phi) is 4.53. The molecule has 25 heavy (non-hydrogen) atoms. The van der Waals surface area contributed by atoms with Crippen LogP contribution in [0, 0.1) is 0 Å². The summed E-state index contributed by atoms with van der Waals surface area (Å²) in [6, 6.07) is 5.70. The average molecular weight is 369 g/mol. The van der Waals surface area contributed by atoms with Gasteiger partial charge in [-0.25, -0.2) is 8.42 Å². The summed E-state index contributed by atoms with van der Waals surface area (Å²) in [5.74, 6) is -1.04. The monoisotopic (exact) mass is 369 g/mol. The molecule has 10 heteroatoms. The van der Waals surface area contributed by atoms with Gasteiger partial charge in [-0.05, 0) is 24.3 Å². The van der Waals surface area contributed by atoms with Gasteiger partial charge in [0.15, 0.2) is 5.84 Å². The maximum absolute atomic E-state index is 12.5. The second-order valence-electron chi connectivity index (χ2n) is 5.14. The highest BCUT2D eigenvalue weighted by Gasteiger charge is 2.30. The summed E-state index contributed by atoms with van der Waals surface area (Å²) in [6.07, 6.45) is 4.59. The minimum absolute atomic E-state index is 0.00138. The van der Waals surface area contributed by atoms with E-state index in [4.69, 9.17) is 0 Å². The van der Waals surface area contributed by atoms with Gasteiger partial charge < -0.3 is 15.0 Å². The molecule has 2 aliphatic heterocycles. The molecule has 0 aromatic heterocycles. The smallest absolute Gasteiger partial charge is 0.387 e. The Morgan fingerprint density at radius 1 is 1.32 bits per heavy atom. The Morgan fingerprint density at radius 3 is 2.84 bits per heavy atom. The van der Waals surface area contributed by atoms with Gasteiger partial charge in [-0.3, -0.25) is 4.79 Å². The molecule has 0 aliphatic carbocycles. The van der Waals surface area contributed by atoms with E-state index in [1.807, 2.05) is 0 Å². The van der Waals surface area contributed by atoms with Crippen LogP contribution in [-0.4, -0.2) is 44.0 Å². The van der Waals surface area contributed by atoms with Crippen molar-refractivity contribution in [1.82, 2.24) is 4.90 Å². The maximum Gasteiger partial charge on any atom is 0.387 e. The Morgan fingerprint density at radius 2 is 2.08 bits per heavy atom. The summed E-state index contributed by atoms with van der Waals surface area (Å²) in [5.41, 5.74) is 0.0479. The number of sulfonamides is 1. The molecule has 0 saturated heterocycles. The number of rotatable bonds is 4. The molecule has 1 aromatic carbocycles. The lowest BCUT2D eigenvalue weighted by atomic mass is 10.1. The minimum atomic E-state index is -3.65. The van der Waals surface area contributed by atoms with Crippen molar-refractivity contribution < 1.29 is 26.7 Å². The van der Waals surface area contributed by atoms with E-state index in [9.17, 15) is 22.0 Å². The van der Waals surface area contributed by atoms with E-state index in [0.29, 0.717) is 0 Å². The molecule has 0 atom stereocenters. The molecule has 2 heterocycles. The third kappa shape index (κ3) is 3.85. The number of amidine groups is 1. The number of hydrogen-bond donors (Lipinski definition) is 1.